The first-order valence-electron chi connectivity index (χ1n) is 6.68. The van der Waals surface area contributed by atoms with Crippen LogP contribution in [0.4, 0.5) is 0 Å². The van der Waals surface area contributed by atoms with Crippen molar-refractivity contribution >= 4 is 5.97 Å². The molecule has 18 heavy (non-hydrogen) atoms. The van der Waals surface area contributed by atoms with Gasteiger partial charge in [-0.2, -0.15) is 0 Å². The molecule has 1 fully saturated rings. The van der Waals surface area contributed by atoms with Gasteiger partial charge in [-0.25, -0.2) is 4.79 Å². The van der Waals surface area contributed by atoms with Crippen LogP contribution in [0.3, 0.4) is 0 Å². The first kappa shape index (κ1) is 13.1. The lowest BCUT2D eigenvalue weighted by Crippen LogP contribution is -2.32. The number of hydrogen-bond donors (Lipinski definition) is 2. The number of aromatic nitrogens is 1. The van der Waals surface area contributed by atoms with E-state index in [4.69, 9.17) is 4.74 Å². The highest BCUT2D eigenvalue weighted by molar-refractivity contribution is 5.90. The van der Waals surface area contributed by atoms with Crippen molar-refractivity contribution < 1.29 is 9.53 Å². The molecule has 0 amide bonds. The Labute approximate surface area is 108 Å². The zero-order valence-electron chi connectivity index (χ0n) is 11.2. The Hall–Kier alpha value is -1.29. The summed E-state index contributed by atoms with van der Waals surface area (Å²) in [5.74, 6) is 0.587. The number of ether oxygens (including phenoxy) is 1. The molecule has 2 N–H and O–H groups in total. The minimum Gasteiger partial charge on any atom is -0.465 e. The second-order valence-electron chi connectivity index (χ2n) is 5.20. The average molecular weight is 250 g/mol. The third kappa shape index (κ3) is 3.13. The molecule has 0 atom stereocenters. The highest BCUT2D eigenvalue weighted by Crippen LogP contribution is 2.23. The Balaban J connectivity index is 1.87. The fourth-order valence-electron chi connectivity index (χ4n) is 2.56. The number of aromatic amines is 1. The predicted octanol–water partition coefficient (Wildman–Crippen LogP) is 2.47. The van der Waals surface area contributed by atoms with Crippen LogP contribution < -0.4 is 5.32 Å². The number of rotatable bonds is 4. The quantitative estimate of drug-likeness (QED) is 0.807. The number of hydrogen-bond acceptors (Lipinski definition) is 3. The molecule has 1 aliphatic rings. The molecule has 0 saturated heterocycles. The molecule has 0 radical (unpaired) electrons. The van der Waals surface area contributed by atoms with Crippen molar-refractivity contribution in [1.29, 1.82) is 0 Å². The molecular weight excluding hydrogens is 228 g/mol. The SMILES string of the molecule is COC(=O)c1cc[nH]c1CNC1CCC(C)CC1. The Morgan fingerprint density at radius 2 is 2.17 bits per heavy atom. The van der Waals surface area contributed by atoms with Crippen LogP contribution in [0.25, 0.3) is 0 Å². The summed E-state index contributed by atoms with van der Waals surface area (Å²) in [6.45, 7) is 3.02. The largest absolute Gasteiger partial charge is 0.465 e. The van der Waals surface area contributed by atoms with Gasteiger partial charge in [-0.1, -0.05) is 6.92 Å². The Morgan fingerprint density at radius 1 is 1.44 bits per heavy atom. The molecule has 0 aromatic carbocycles. The standard InChI is InChI=1S/C14H22N2O2/c1-10-3-5-11(6-4-10)16-9-13-12(7-8-15-13)14(17)18-2/h7-8,10-11,15-16H,3-6,9H2,1-2H3. The first-order chi connectivity index (χ1) is 8.70. The van der Waals surface area contributed by atoms with Crippen LogP contribution >= 0.6 is 0 Å². The summed E-state index contributed by atoms with van der Waals surface area (Å²) in [7, 11) is 1.41. The van der Waals surface area contributed by atoms with Crippen molar-refractivity contribution in [3.8, 4) is 0 Å². The maximum Gasteiger partial charge on any atom is 0.339 e. The molecule has 1 saturated carbocycles. The van der Waals surface area contributed by atoms with Crippen molar-refractivity contribution in [2.24, 2.45) is 5.92 Å². The van der Waals surface area contributed by atoms with Gasteiger partial charge in [0, 0.05) is 24.5 Å². The Morgan fingerprint density at radius 3 is 2.83 bits per heavy atom. The molecule has 0 spiro atoms. The van der Waals surface area contributed by atoms with Crippen molar-refractivity contribution in [1.82, 2.24) is 10.3 Å². The number of H-pyrrole nitrogens is 1. The minimum atomic E-state index is -0.273. The highest BCUT2D eigenvalue weighted by Gasteiger charge is 2.19. The topological polar surface area (TPSA) is 54.1 Å². The monoisotopic (exact) mass is 250 g/mol. The molecular formula is C14H22N2O2. The van der Waals surface area contributed by atoms with E-state index in [2.05, 4.69) is 17.2 Å². The van der Waals surface area contributed by atoms with Crippen LogP contribution in [0.5, 0.6) is 0 Å². The van der Waals surface area contributed by atoms with E-state index in [1.54, 1.807) is 12.3 Å². The summed E-state index contributed by atoms with van der Waals surface area (Å²) in [5, 5.41) is 3.52. The van der Waals surface area contributed by atoms with Crippen molar-refractivity contribution in [3.63, 3.8) is 0 Å². The van der Waals surface area contributed by atoms with E-state index in [0.29, 0.717) is 18.2 Å². The van der Waals surface area contributed by atoms with Gasteiger partial charge in [-0.15, -0.1) is 0 Å². The summed E-state index contributed by atoms with van der Waals surface area (Å²) < 4.78 is 4.75. The zero-order chi connectivity index (χ0) is 13.0. The first-order valence-corrected chi connectivity index (χ1v) is 6.68. The van der Waals surface area contributed by atoms with Crippen LogP contribution in [0, 0.1) is 5.92 Å². The molecule has 0 unspecified atom stereocenters. The Bertz CT molecular complexity index is 392. The normalized spacial score (nSPS) is 23.9. The van der Waals surface area contributed by atoms with E-state index in [0.717, 1.165) is 11.6 Å². The fourth-order valence-corrected chi connectivity index (χ4v) is 2.56. The van der Waals surface area contributed by atoms with Gasteiger partial charge in [-0.05, 0) is 37.7 Å². The molecule has 0 aliphatic heterocycles. The van der Waals surface area contributed by atoms with Gasteiger partial charge in [0.05, 0.1) is 12.7 Å². The third-order valence-electron chi connectivity index (χ3n) is 3.82. The number of esters is 1. The summed E-state index contributed by atoms with van der Waals surface area (Å²) in [6, 6.07) is 2.35. The number of methoxy groups -OCH3 is 1. The van der Waals surface area contributed by atoms with Gasteiger partial charge in [0.15, 0.2) is 0 Å². The fraction of sp³-hybridized carbons (Fsp3) is 0.643. The lowest BCUT2D eigenvalue weighted by atomic mass is 9.87. The summed E-state index contributed by atoms with van der Waals surface area (Å²) in [6.07, 6.45) is 6.84. The molecule has 2 rings (SSSR count). The highest BCUT2D eigenvalue weighted by atomic mass is 16.5. The van der Waals surface area contributed by atoms with Crippen LogP contribution in [-0.4, -0.2) is 24.1 Å². The molecule has 1 heterocycles. The lowest BCUT2D eigenvalue weighted by molar-refractivity contribution is 0.0599. The molecule has 1 aromatic rings. The molecule has 1 aromatic heterocycles. The second kappa shape index (κ2) is 6.05. The summed E-state index contributed by atoms with van der Waals surface area (Å²) in [4.78, 5) is 14.6. The van der Waals surface area contributed by atoms with Gasteiger partial charge in [0.1, 0.15) is 0 Å². The van der Waals surface area contributed by atoms with Gasteiger partial charge in [0.2, 0.25) is 0 Å². The van der Waals surface area contributed by atoms with Crippen LogP contribution in [-0.2, 0) is 11.3 Å². The van der Waals surface area contributed by atoms with Gasteiger partial charge in [0.25, 0.3) is 0 Å². The van der Waals surface area contributed by atoms with E-state index in [9.17, 15) is 4.79 Å². The van der Waals surface area contributed by atoms with Crippen molar-refractivity contribution in [2.75, 3.05) is 7.11 Å². The maximum absolute atomic E-state index is 11.5. The number of carbonyl (C=O) groups excluding carboxylic acids is 1. The average Bonchev–Trinajstić information content (AvgIpc) is 2.85. The molecule has 1 aliphatic carbocycles. The van der Waals surface area contributed by atoms with E-state index in [1.165, 1.54) is 32.8 Å². The van der Waals surface area contributed by atoms with Crippen molar-refractivity contribution in [2.45, 2.75) is 45.2 Å². The molecule has 4 heteroatoms. The van der Waals surface area contributed by atoms with Crippen molar-refractivity contribution in [3.05, 3.63) is 23.5 Å². The Kier molecular flexibility index (Phi) is 4.42. The zero-order valence-corrected chi connectivity index (χ0v) is 11.2. The summed E-state index contributed by atoms with van der Waals surface area (Å²) in [5.41, 5.74) is 1.55. The van der Waals surface area contributed by atoms with Gasteiger partial charge in [-0.3, -0.25) is 0 Å². The lowest BCUT2D eigenvalue weighted by Gasteiger charge is -2.27. The third-order valence-corrected chi connectivity index (χ3v) is 3.82. The van der Waals surface area contributed by atoms with E-state index >= 15 is 0 Å². The molecule has 0 bridgehead atoms. The van der Waals surface area contributed by atoms with Gasteiger partial charge < -0.3 is 15.0 Å². The number of carbonyl (C=O) groups is 1. The van der Waals surface area contributed by atoms with Crippen LogP contribution in [0.1, 0.15) is 48.7 Å². The number of nitrogens with one attached hydrogen (secondary N) is 2. The minimum absolute atomic E-state index is 0.273. The second-order valence-corrected chi connectivity index (χ2v) is 5.20. The molecule has 100 valence electrons. The smallest absolute Gasteiger partial charge is 0.339 e. The van der Waals surface area contributed by atoms with E-state index in [-0.39, 0.29) is 5.97 Å². The van der Waals surface area contributed by atoms with E-state index in [1.807, 2.05) is 0 Å². The van der Waals surface area contributed by atoms with E-state index < -0.39 is 0 Å². The van der Waals surface area contributed by atoms with Crippen LogP contribution in [0.15, 0.2) is 12.3 Å². The summed E-state index contributed by atoms with van der Waals surface area (Å²) >= 11 is 0. The molecule has 4 nitrogen and oxygen atoms in total. The predicted molar refractivity (Wildman–Crippen MR) is 70.4 cm³/mol. The van der Waals surface area contributed by atoms with Crippen LogP contribution in [0.2, 0.25) is 0 Å². The van der Waals surface area contributed by atoms with Gasteiger partial charge >= 0.3 is 5.97 Å². The maximum atomic E-state index is 11.5.